The smallest absolute Gasteiger partial charge is 0.315 e. The van der Waals surface area contributed by atoms with Crippen LogP contribution in [0.2, 0.25) is 0 Å². The molecule has 2 atom stereocenters. The number of carboxylic acids is 1. The van der Waals surface area contributed by atoms with Gasteiger partial charge in [0, 0.05) is 12.1 Å². The first-order valence-corrected chi connectivity index (χ1v) is 6.61. The molecule has 2 fully saturated rings. The second kappa shape index (κ2) is 5.90. The maximum atomic E-state index is 11.5. The van der Waals surface area contributed by atoms with Gasteiger partial charge in [0.1, 0.15) is 0 Å². The van der Waals surface area contributed by atoms with Gasteiger partial charge < -0.3 is 21.1 Å². The predicted molar refractivity (Wildman–Crippen MR) is 66.5 cm³/mol. The summed E-state index contributed by atoms with van der Waals surface area (Å²) in [5.41, 5.74) is 0. The van der Waals surface area contributed by atoms with Crippen molar-refractivity contribution < 1.29 is 19.5 Å². The molecule has 0 radical (unpaired) electrons. The van der Waals surface area contributed by atoms with Crippen molar-refractivity contribution in [2.24, 2.45) is 5.92 Å². The molecule has 7 heteroatoms. The highest BCUT2D eigenvalue weighted by Crippen LogP contribution is 2.25. The lowest BCUT2D eigenvalue weighted by Gasteiger charge is -2.13. The molecule has 2 rings (SSSR count). The Bertz CT molecular complexity index is 381. The monoisotopic (exact) mass is 269 g/mol. The maximum Gasteiger partial charge on any atom is 0.315 e. The first-order chi connectivity index (χ1) is 9.04. The average Bonchev–Trinajstić information content (AvgIpc) is 3.02. The molecule has 0 aromatic heterocycles. The van der Waals surface area contributed by atoms with Crippen LogP contribution in [-0.4, -0.2) is 41.6 Å². The minimum Gasteiger partial charge on any atom is -0.481 e. The van der Waals surface area contributed by atoms with Crippen LogP contribution in [0.1, 0.15) is 32.1 Å². The highest BCUT2D eigenvalue weighted by atomic mass is 16.4. The first-order valence-electron chi connectivity index (χ1n) is 6.61. The molecule has 0 spiro atoms. The van der Waals surface area contributed by atoms with Gasteiger partial charge in [0.15, 0.2) is 0 Å². The van der Waals surface area contributed by atoms with E-state index in [0.29, 0.717) is 19.3 Å². The fourth-order valence-corrected chi connectivity index (χ4v) is 2.24. The zero-order chi connectivity index (χ0) is 13.8. The van der Waals surface area contributed by atoms with Gasteiger partial charge in [-0.2, -0.15) is 0 Å². The van der Waals surface area contributed by atoms with E-state index in [4.69, 9.17) is 5.11 Å². The summed E-state index contributed by atoms with van der Waals surface area (Å²) in [6.45, 7) is -0.0442. The molecule has 0 aromatic carbocycles. The van der Waals surface area contributed by atoms with E-state index < -0.39 is 12.0 Å². The van der Waals surface area contributed by atoms with E-state index in [2.05, 4.69) is 16.0 Å². The Morgan fingerprint density at radius 1 is 1.00 bits per heavy atom. The van der Waals surface area contributed by atoms with Crippen molar-refractivity contribution in [3.8, 4) is 0 Å². The molecule has 3 amide bonds. The Morgan fingerprint density at radius 2 is 1.68 bits per heavy atom. The van der Waals surface area contributed by atoms with E-state index in [1.807, 2.05) is 0 Å². The Morgan fingerprint density at radius 3 is 2.26 bits per heavy atom. The molecule has 0 heterocycles. The molecular formula is C12H19N3O4. The number of hydrogen-bond acceptors (Lipinski definition) is 3. The minimum atomic E-state index is -0.812. The van der Waals surface area contributed by atoms with Crippen molar-refractivity contribution in [3.63, 3.8) is 0 Å². The molecule has 2 saturated carbocycles. The molecule has 7 nitrogen and oxygen atoms in total. The van der Waals surface area contributed by atoms with Gasteiger partial charge in [-0.3, -0.25) is 9.59 Å². The molecule has 0 aliphatic heterocycles. The maximum absolute atomic E-state index is 11.5. The van der Waals surface area contributed by atoms with E-state index in [1.54, 1.807) is 0 Å². The molecule has 2 aliphatic carbocycles. The molecule has 0 bridgehead atoms. The van der Waals surface area contributed by atoms with E-state index in [0.717, 1.165) is 12.8 Å². The lowest BCUT2D eigenvalue weighted by atomic mass is 10.1. The summed E-state index contributed by atoms with van der Waals surface area (Å²) in [6.07, 6.45) is 3.73. The van der Waals surface area contributed by atoms with Crippen LogP contribution in [0.25, 0.3) is 0 Å². The number of carbonyl (C=O) groups excluding carboxylic acids is 2. The number of amides is 3. The fraction of sp³-hybridized carbons (Fsp3) is 0.750. The number of carboxylic acid groups (broad SMARTS) is 1. The third-order valence-electron chi connectivity index (χ3n) is 3.47. The van der Waals surface area contributed by atoms with Gasteiger partial charge in [0.05, 0.1) is 12.5 Å². The van der Waals surface area contributed by atoms with E-state index in [9.17, 15) is 14.4 Å². The van der Waals surface area contributed by atoms with Crippen LogP contribution in [0, 0.1) is 5.92 Å². The fourth-order valence-electron chi connectivity index (χ4n) is 2.24. The standard InChI is InChI=1S/C12H19N3O4/c16-10(14-8-3-4-8)6-13-12(19)15-9-2-1-7(5-9)11(17)18/h7-9H,1-6H2,(H,14,16)(H,17,18)(H2,13,15,19). The largest absolute Gasteiger partial charge is 0.481 e. The van der Waals surface area contributed by atoms with Gasteiger partial charge >= 0.3 is 12.0 Å². The van der Waals surface area contributed by atoms with Gasteiger partial charge in [-0.1, -0.05) is 0 Å². The van der Waals surface area contributed by atoms with Gasteiger partial charge in [-0.15, -0.1) is 0 Å². The van der Waals surface area contributed by atoms with Crippen LogP contribution in [-0.2, 0) is 9.59 Å². The molecule has 2 unspecified atom stereocenters. The van der Waals surface area contributed by atoms with Crippen molar-refractivity contribution >= 4 is 17.9 Å². The van der Waals surface area contributed by atoms with Gasteiger partial charge in [0.2, 0.25) is 5.91 Å². The Hall–Kier alpha value is -1.79. The molecule has 0 aromatic rings. The summed E-state index contributed by atoms with van der Waals surface area (Å²) in [5.74, 6) is -1.37. The highest BCUT2D eigenvalue weighted by Gasteiger charge is 2.30. The molecule has 19 heavy (non-hydrogen) atoms. The Balaban J connectivity index is 1.61. The van der Waals surface area contributed by atoms with E-state index in [1.165, 1.54) is 0 Å². The average molecular weight is 269 g/mol. The third-order valence-corrected chi connectivity index (χ3v) is 3.47. The SMILES string of the molecule is O=C(CNC(=O)NC1CCC(C(=O)O)C1)NC1CC1. The molecule has 2 aliphatic rings. The quantitative estimate of drug-likeness (QED) is 0.555. The zero-order valence-electron chi connectivity index (χ0n) is 10.6. The molecule has 0 saturated heterocycles. The van der Waals surface area contributed by atoms with Gasteiger partial charge in [0.25, 0.3) is 0 Å². The van der Waals surface area contributed by atoms with Crippen LogP contribution < -0.4 is 16.0 Å². The van der Waals surface area contributed by atoms with Crippen LogP contribution in [0.3, 0.4) is 0 Å². The van der Waals surface area contributed by atoms with E-state index in [-0.39, 0.29) is 30.5 Å². The topological polar surface area (TPSA) is 108 Å². The number of urea groups is 1. The second-order valence-electron chi connectivity index (χ2n) is 5.21. The minimum absolute atomic E-state index is 0.0442. The van der Waals surface area contributed by atoms with Crippen LogP contribution >= 0.6 is 0 Å². The van der Waals surface area contributed by atoms with Crippen LogP contribution in [0.5, 0.6) is 0 Å². The summed E-state index contributed by atoms with van der Waals surface area (Å²) < 4.78 is 0. The van der Waals surface area contributed by atoms with E-state index >= 15 is 0 Å². The van der Waals surface area contributed by atoms with Crippen molar-refractivity contribution in [1.29, 1.82) is 0 Å². The number of nitrogens with one attached hydrogen (secondary N) is 3. The summed E-state index contributed by atoms with van der Waals surface area (Å²) in [5, 5.41) is 16.8. The van der Waals surface area contributed by atoms with Crippen LogP contribution in [0.15, 0.2) is 0 Å². The van der Waals surface area contributed by atoms with Gasteiger partial charge in [-0.05, 0) is 32.1 Å². The summed E-state index contributed by atoms with van der Waals surface area (Å²) in [4.78, 5) is 33.7. The Labute approximate surface area is 111 Å². The predicted octanol–water partition coefficient (Wildman–Crippen LogP) is -0.182. The molecular weight excluding hydrogens is 250 g/mol. The molecule has 4 N–H and O–H groups in total. The number of carbonyl (C=O) groups is 3. The Kier molecular flexibility index (Phi) is 4.24. The van der Waals surface area contributed by atoms with Crippen molar-refractivity contribution in [3.05, 3.63) is 0 Å². The third kappa shape index (κ3) is 4.42. The number of aliphatic carboxylic acids is 1. The van der Waals surface area contributed by atoms with Crippen molar-refractivity contribution in [2.45, 2.75) is 44.2 Å². The lowest BCUT2D eigenvalue weighted by molar-refractivity contribution is -0.141. The van der Waals surface area contributed by atoms with Crippen molar-refractivity contribution in [1.82, 2.24) is 16.0 Å². The normalized spacial score (nSPS) is 25.7. The zero-order valence-corrected chi connectivity index (χ0v) is 10.6. The summed E-state index contributed by atoms with van der Waals surface area (Å²) in [7, 11) is 0. The summed E-state index contributed by atoms with van der Waals surface area (Å²) >= 11 is 0. The highest BCUT2D eigenvalue weighted by molar-refractivity contribution is 5.84. The summed E-state index contributed by atoms with van der Waals surface area (Å²) in [6, 6.07) is -0.252. The first kappa shape index (κ1) is 13.6. The van der Waals surface area contributed by atoms with Crippen LogP contribution in [0.4, 0.5) is 4.79 Å². The van der Waals surface area contributed by atoms with Gasteiger partial charge in [-0.25, -0.2) is 4.79 Å². The van der Waals surface area contributed by atoms with Crippen molar-refractivity contribution in [2.75, 3.05) is 6.54 Å². The second-order valence-corrected chi connectivity index (χ2v) is 5.21. The lowest BCUT2D eigenvalue weighted by Crippen LogP contribution is -2.45. The number of rotatable bonds is 5. The number of hydrogen-bond donors (Lipinski definition) is 4. The molecule has 106 valence electrons.